The minimum atomic E-state index is -0.468. The highest BCUT2D eigenvalue weighted by Crippen LogP contribution is 2.55. The molecule has 6 nitrogen and oxygen atoms in total. The topological polar surface area (TPSA) is 78.3 Å². The summed E-state index contributed by atoms with van der Waals surface area (Å²) in [6, 6.07) is 0.194. The van der Waals surface area contributed by atoms with Gasteiger partial charge in [-0.05, 0) is 62.7 Å². The van der Waals surface area contributed by atoms with Crippen molar-refractivity contribution in [1.82, 2.24) is 15.3 Å². The summed E-state index contributed by atoms with van der Waals surface area (Å²) >= 11 is 1.98. The lowest BCUT2D eigenvalue weighted by Crippen LogP contribution is -2.61. The zero-order valence-electron chi connectivity index (χ0n) is 18.3. The SMILES string of the molecule is O=C(N[C@H]1C2CC3CC1C[C@@](O)(C3)C2)c1cnc(N2CCSCC2)nc1C1CCCC1. The molecule has 5 aliphatic carbocycles. The maximum Gasteiger partial charge on any atom is 0.254 e. The minimum Gasteiger partial charge on any atom is -0.390 e. The quantitative estimate of drug-likeness (QED) is 0.745. The van der Waals surface area contributed by atoms with E-state index in [0.717, 1.165) is 81.2 Å². The van der Waals surface area contributed by atoms with E-state index in [1.165, 1.54) is 12.8 Å². The van der Waals surface area contributed by atoms with E-state index in [9.17, 15) is 9.90 Å². The van der Waals surface area contributed by atoms with Gasteiger partial charge in [0.1, 0.15) is 0 Å². The monoisotopic (exact) mass is 442 g/mol. The number of rotatable bonds is 4. The van der Waals surface area contributed by atoms with Crippen LogP contribution in [0, 0.1) is 17.8 Å². The molecule has 1 aromatic heterocycles. The van der Waals surface area contributed by atoms with Gasteiger partial charge in [-0.3, -0.25) is 4.79 Å². The van der Waals surface area contributed by atoms with Crippen molar-refractivity contribution in [2.75, 3.05) is 29.5 Å². The second-order valence-electron chi connectivity index (χ2n) is 10.7. The van der Waals surface area contributed by atoms with Crippen molar-refractivity contribution < 1.29 is 9.90 Å². The lowest BCUT2D eigenvalue weighted by molar-refractivity contribution is -0.136. The van der Waals surface area contributed by atoms with E-state index in [4.69, 9.17) is 4.98 Å². The molecule has 0 spiro atoms. The lowest BCUT2D eigenvalue weighted by Gasteiger charge is -2.58. The zero-order valence-corrected chi connectivity index (χ0v) is 19.1. The van der Waals surface area contributed by atoms with Gasteiger partial charge in [-0.1, -0.05) is 12.8 Å². The largest absolute Gasteiger partial charge is 0.390 e. The van der Waals surface area contributed by atoms with Crippen LogP contribution < -0.4 is 10.2 Å². The fraction of sp³-hybridized carbons (Fsp3) is 0.792. The van der Waals surface area contributed by atoms with Gasteiger partial charge >= 0.3 is 0 Å². The maximum atomic E-state index is 13.5. The summed E-state index contributed by atoms with van der Waals surface area (Å²) in [5.41, 5.74) is 1.19. The van der Waals surface area contributed by atoms with E-state index in [2.05, 4.69) is 15.2 Å². The van der Waals surface area contributed by atoms with Gasteiger partial charge in [-0.2, -0.15) is 11.8 Å². The van der Waals surface area contributed by atoms with E-state index < -0.39 is 5.60 Å². The van der Waals surface area contributed by atoms with Crippen LogP contribution in [-0.4, -0.2) is 57.2 Å². The highest BCUT2D eigenvalue weighted by molar-refractivity contribution is 7.99. The van der Waals surface area contributed by atoms with E-state index >= 15 is 0 Å². The Hall–Kier alpha value is -1.34. The molecule has 0 aromatic carbocycles. The summed E-state index contributed by atoms with van der Waals surface area (Å²) in [5, 5.41) is 14.3. The number of carbonyl (C=O) groups is 1. The average molecular weight is 443 g/mol. The van der Waals surface area contributed by atoms with Gasteiger partial charge < -0.3 is 15.3 Å². The average Bonchev–Trinajstić information content (AvgIpc) is 3.30. The molecule has 1 amide bonds. The lowest BCUT2D eigenvalue weighted by atomic mass is 9.52. The molecule has 31 heavy (non-hydrogen) atoms. The summed E-state index contributed by atoms with van der Waals surface area (Å²) in [5.74, 6) is 4.89. The van der Waals surface area contributed by atoms with Crippen molar-refractivity contribution >= 4 is 23.6 Å². The first-order valence-corrected chi connectivity index (χ1v) is 13.5. The highest BCUT2D eigenvalue weighted by atomic mass is 32.2. The normalized spacial score (nSPS) is 37.4. The van der Waals surface area contributed by atoms with Crippen LogP contribution in [0.3, 0.4) is 0 Å². The number of thioether (sulfide) groups is 1. The van der Waals surface area contributed by atoms with Crippen LogP contribution >= 0.6 is 11.8 Å². The number of amides is 1. The molecule has 2 unspecified atom stereocenters. The predicted octanol–water partition coefficient (Wildman–Crippen LogP) is 3.36. The Kier molecular flexibility index (Phi) is 5.17. The summed E-state index contributed by atoms with van der Waals surface area (Å²) in [6.45, 7) is 1.96. The molecule has 0 radical (unpaired) electrons. The minimum absolute atomic E-state index is 0.00659. The first-order valence-electron chi connectivity index (χ1n) is 12.3. The number of nitrogens with zero attached hydrogens (tertiary/aromatic N) is 3. The molecule has 168 valence electrons. The Morgan fingerprint density at radius 1 is 1.13 bits per heavy atom. The van der Waals surface area contributed by atoms with Crippen molar-refractivity contribution in [2.45, 2.75) is 75.3 Å². The number of aliphatic hydroxyl groups is 1. The number of anilines is 1. The van der Waals surface area contributed by atoms with Crippen LogP contribution in [0.4, 0.5) is 5.95 Å². The van der Waals surface area contributed by atoms with Crippen LogP contribution in [0.25, 0.3) is 0 Å². The molecule has 2 N–H and O–H groups in total. The van der Waals surface area contributed by atoms with E-state index in [1.54, 1.807) is 6.20 Å². The van der Waals surface area contributed by atoms with E-state index in [-0.39, 0.29) is 11.9 Å². The van der Waals surface area contributed by atoms with Gasteiger partial charge in [-0.15, -0.1) is 0 Å². The summed E-state index contributed by atoms with van der Waals surface area (Å²) in [6.07, 6.45) is 11.5. The second kappa shape index (κ2) is 7.91. The molecule has 1 aliphatic heterocycles. The highest BCUT2D eigenvalue weighted by Gasteiger charge is 2.55. The van der Waals surface area contributed by atoms with Crippen LogP contribution in [0.15, 0.2) is 6.20 Å². The van der Waals surface area contributed by atoms with Gasteiger partial charge in [0, 0.05) is 42.8 Å². The summed E-state index contributed by atoms with van der Waals surface area (Å²) in [7, 11) is 0. The maximum absolute atomic E-state index is 13.5. The van der Waals surface area contributed by atoms with Crippen LogP contribution in [0.5, 0.6) is 0 Å². The Balaban J connectivity index is 1.25. The molecule has 1 aromatic rings. The van der Waals surface area contributed by atoms with Gasteiger partial charge in [0.2, 0.25) is 5.95 Å². The van der Waals surface area contributed by atoms with E-state index in [1.807, 2.05) is 11.8 Å². The predicted molar refractivity (Wildman–Crippen MR) is 123 cm³/mol. The number of carbonyl (C=O) groups excluding carboxylic acids is 1. The molecule has 4 bridgehead atoms. The van der Waals surface area contributed by atoms with Crippen LogP contribution in [0.1, 0.15) is 79.8 Å². The van der Waals surface area contributed by atoms with Crippen molar-refractivity contribution in [1.29, 1.82) is 0 Å². The molecule has 7 rings (SSSR count). The van der Waals surface area contributed by atoms with Crippen LogP contribution in [-0.2, 0) is 0 Å². The molecule has 7 heteroatoms. The molecule has 2 heterocycles. The fourth-order valence-corrected chi connectivity index (χ4v) is 8.34. The Morgan fingerprint density at radius 2 is 1.84 bits per heavy atom. The molecule has 6 fully saturated rings. The molecule has 2 atom stereocenters. The standard InChI is InChI=1S/C24H34N4O2S/c29-22(26-20-17-9-15-10-18(20)13-24(30,11-15)12-17)19-14-25-23(28-5-7-31-8-6-28)27-21(19)16-3-1-2-4-16/h14-18,20,30H,1-13H2,(H,26,29)/t15?,17?,18?,20-,24+. The van der Waals surface area contributed by atoms with Crippen LogP contribution in [0.2, 0.25) is 0 Å². The third kappa shape index (κ3) is 3.75. The van der Waals surface area contributed by atoms with Crippen molar-refractivity contribution in [3.63, 3.8) is 0 Å². The molecular formula is C24H34N4O2S. The first-order chi connectivity index (χ1) is 15.1. The molecule has 6 aliphatic rings. The molecular weight excluding hydrogens is 408 g/mol. The summed E-state index contributed by atoms with van der Waals surface area (Å²) in [4.78, 5) is 25.4. The summed E-state index contributed by atoms with van der Waals surface area (Å²) < 4.78 is 0. The Bertz CT molecular complexity index is 836. The number of nitrogens with one attached hydrogen (secondary N) is 1. The third-order valence-corrected chi connectivity index (χ3v) is 9.57. The van der Waals surface area contributed by atoms with Gasteiger partial charge in [-0.25, -0.2) is 9.97 Å². The number of aromatic nitrogens is 2. The van der Waals surface area contributed by atoms with Crippen molar-refractivity contribution in [2.24, 2.45) is 17.8 Å². The fourth-order valence-electron chi connectivity index (χ4n) is 7.43. The van der Waals surface area contributed by atoms with Crippen molar-refractivity contribution in [3.8, 4) is 0 Å². The van der Waals surface area contributed by atoms with Crippen molar-refractivity contribution in [3.05, 3.63) is 17.5 Å². The van der Waals surface area contributed by atoms with E-state index in [0.29, 0.717) is 29.2 Å². The molecule has 1 saturated heterocycles. The zero-order chi connectivity index (χ0) is 21.0. The number of hydrogen-bond acceptors (Lipinski definition) is 6. The van der Waals surface area contributed by atoms with Gasteiger partial charge in [0.25, 0.3) is 5.91 Å². The second-order valence-corrected chi connectivity index (χ2v) is 12.0. The molecule has 5 saturated carbocycles. The van der Waals surface area contributed by atoms with Gasteiger partial charge in [0.15, 0.2) is 0 Å². The third-order valence-electron chi connectivity index (χ3n) is 8.62. The first kappa shape index (κ1) is 20.3. The smallest absolute Gasteiger partial charge is 0.254 e. The van der Waals surface area contributed by atoms with Gasteiger partial charge in [0.05, 0.1) is 16.9 Å². The number of hydrogen-bond donors (Lipinski definition) is 2. The Labute approximate surface area is 189 Å². The Morgan fingerprint density at radius 3 is 2.52 bits per heavy atom.